The molecular weight excluding hydrogens is 160 g/mol. The van der Waals surface area contributed by atoms with Gasteiger partial charge in [-0.25, -0.2) is 0 Å². The number of hydrogen-bond donors (Lipinski definition) is 2. The molecule has 0 saturated heterocycles. The molecule has 0 spiro atoms. The quantitative estimate of drug-likeness (QED) is 0.692. The third-order valence-corrected chi connectivity index (χ3v) is 2.10. The molecule has 2 heteroatoms. The first-order valence-electron chi connectivity index (χ1n) is 4.78. The van der Waals surface area contributed by atoms with E-state index in [0.29, 0.717) is 6.04 Å². The minimum absolute atomic E-state index is 0.314. The van der Waals surface area contributed by atoms with Gasteiger partial charge in [0.15, 0.2) is 0 Å². The minimum Gasteiger partial charge on any atom is -0.399 e. The summed E-state index contributed by atoms with van der Waals surface area (Å²) in [5.41, 5.74) is 13.4. The maximum Gasteiger partial charge on any atom is 0.0314 e. The van der Waals surface area contributed by atoms with Crippen LogP contribution in [0.4, 0.5) is 5.69 Å². The van der Waals surface area contributed by atoms with Crippen molar-refractivity contribution in [3.05, 3.63) is 29.8 Å². The van der Waals surface area contributed by atoms with Crippen molar-refractivity contribution in [3.8, 4) is 0 Å². The molecule has 1 atom stereocenters. The lowest BCUT2D eigenvalue weighted by molar-refractivity contribution is 0.624. The summed E-state index contributed by atoms with van der Waals surface area (Å²) < 4.78 is 0. The lowest BCUT2D eigenvalue weighted by Gasteiger charge is -2.04. The van der Waals surface area contributed by atoms with Crippen LogP contribution in [-0.4, -0.2) is 6.04 Å². The Bertz CT molecular complexity index is 239. The summed E-state index contributed by atoms with van der Waals surface area (Å²) in [6.07, 6.45) is 3.34. The molecule has 0 aliphatic rings. The molecule has 1 rings (SSSR count). The van der Waals surface area contributed by atoms with Crippen molar-refractivity contribution in [2.75, 3.05) is 5.73 Å². The molecule has 0 radical (unpaired) electrons. The minimum atomic E-state index is 0.314. The largest absolute Gasteiger partial charge is 0.399 e. The van der Waals surface area contributed by atoms with Gasteiger partial charge in [0.1, 0.15) is 0 Å². The fraction of sp³-hybridized carbons (Fsp3) is 0.455. The van der Waals surface area contributed by atoms with Crippen LogP contribution in [0, 0.1) is 0 Å². The first-order chi connectivity index (χ1) is 6.18. The molecule has 13 heavy (non-hydrogen) atoms. The van der Waals surface area contributed by atoms with Gasteiger partial charge in [0.25, 0.3) is 0 Å². The van der Waals surface area contributed by atoms with E-state index in [4.69, 9.17) is 11.5 Å². The molecular formula is C11H18N2. The molecule has 0 heterocycles. The second kappa shape index (κ2) is 4.87. The van der Waals surface area contributed by atoms with Gasteiger partial charge in [-0.2, -0.15) is 0 Å². The monoisotopic (exact) mass is 178 g/mol. The van der Waals surface area contributed by atoms with E-state index in [9.17, 15) is 0 Å². The smallest absolute Gasteiger partial charge is 0.0314 e. The molecule has 0 saturated carbocycles. The summed E-state index contributed by atoms with van der Waals surface area (Å²) in [6, 6.07) is 8.36. The number of nitrogens with two attached hydrogens (primary N) is 2. The lowest BCUT2D eigenvalue weighted by Crippen LogP contribution is -2.14. The molecule has 72 valence electrons. The molecule has 0 aromatic heterocycles. The fourth-order valence-electron chi connectivity index (χ4n) is 1.31. The number of anilines is 1. The van der Waals surface area contributed by atoms with E-state index in [1.807, 2.05) is 19.1 Å². The van der Waals surface area contributed by atoms with Crippen molar-refractivity contribution in [3.63, 3.8) is 0 Å². The van der Waals surface area contributed by atoms with Gasteiger partial charge < -0.3 is 11.5 Å². The van der Waals surface area contributed by atoms with Crippen LogP contribution in [0.1, 0.15) is 25.3 Å². The van der Waals surface area contributed by atoms with Crippen LogP contribution in [-0.2, 0) is 6.42 Å². The van der Waals surface area contributed by atoms with Crippen molar-refractivity contribution in [2.45, 2.75) is 32.2 Å². The molecule has 2 nitrogen and oxygen atoms in total. The van der Waals surface area contributed by atoms with E-state index in [2.05, 4.69) is 12.1 Å². The van der Waals surface area contributed by atoms with Crippen molar-refractivity contribution in [1.82, 2.24) is 0 Å². The van der Waals surface area contributed by atoms with Crippen LogP contribution in [0.2, 0.25) is 0 Å². The van der Waals surface area contributed by atoms with E-state index in [1.165, 1.54) is 5.56 Å². The number of nitrogen functional groups attached to an aromatic ring is 1. The zero-order chi connectivity index (χ0) is 9.68. The number of benzene rings is 1. The second-order valence-corrected chi connectivity index (χ2v) is 3.61. The van der Waals surface area contributed by atoms with Crippen LogP contribution >= 0.6 is 0 Å². The Hall–Kier alpha value is -1.02. The number of aryl methyl sites for hydroxylation is 1. The van der Waals surface area contributed by atoms with Crippen molar-refractivity contribution in [2.24, 2.45) is 5.73 Å². The number of hydrogen-bond acceptors (Lipinski definition) is 2. The summed E-state index contributed by atoms with van der Waals surface area (Å²) in [5, 5.41) is 0. The fourth-order valence-corrected chi connectivity index (χ4v) is 1.31. The third-order valence-electron chi connectivity index (χ3n) is 2.10. The van der Waals surface area contributed by atoms with E-state index in [-0.39, 0.29) is 0 Å². The molecule has 4 N–H and O–H groups in total. The highest BCUT2D eigenvalue weighted by molar-refractivity contribution is 5.39. The van der Waals surface area contributed by atoms with Crippen molar-refractivity contribution in [1.29, 1.82) is 0 Å². The summed E-state index contributed by atoms with van der Waals surface area (Å²) in [7, 11) is 0. The van der Waals surface area contributed by atoms with E-state index in [0.717, 1.165) is 24.9 Å². The molecule has 0 bridgehead atoms. The highest BCUT2D eigenvalue weighted by atomic mass is 14.6. The Morgan fingerprint density at radius 2 is 1.85 bits per heavy atom. The van der Waals surface area contributed by atoms with Gasteiger partial charge in [-0.1, -0.05) is 12.1 Å². The normalized spacial score (nSPS) is 12.8. The summed E-state index contributed by atoms with van der Waals surface area (Å²) >= 11 is 0. The van der Waals surface area contributed by atoms with Crippen LogP contribution < -0.4 is 11.5 Å². The Balaban J connectivity index is 2.33. The van der Waals surface area contributed by atoms with Crippen LogP contribution in [0.15, 0.2) is 24.3 Å². The molecule has 1 aromatic rings. The summed E-state index contributed by atoms with van der Waals surface area (Å²) in [5.74, 6) is 0. The van der Waals surface area contributed by atoms with Gasteiger partial charge in [-0.3, -0.25) is 0 Å². The predicted molar refractivity (Wildman–Crippen MR) is 57.4 cm³/mol. The highest BCUT2D eigenvalue weighted by Crippen LogP contribution is 2.09. The second-order valence-electron chi connectivity index (χ2n) is 3.61. The maximum absolute atomic E-state index is 5.66. The van der Waals surface area contributed by atoms with E-state index < -0.39 is 0 Å². The third kappa shape index (κ3) is 3.95. The van der Waals surface area contributed by atoms with Gasteiger partial charge in [-0.15, -0.1) is 0 Å². The molecule has 0 aliphatic heterocycles. The summed E-state index contributed by atoms with van der Waals surface area (Å²) in [4.78, 5) is 0. The average molecular weight is 178 g/mol. The van der Waals surface area contributed by atoms with Crippen LogP contribution in [0.5, 0.6) is 0 Å². The SMILES string of the molecule is CC(N)CCCc1ccc(N)cc1. The maximum atomic E-state index is 5.66. The predicted octanol–water partition coefficient (Wildman–Crippen LogP) is 1.94. The van der Waals surface area contributed by atoms with Crippen molar-refractivity contribution < 1.29 is 0 Å². The molecule has 0 fully saturated rings. The highest BCUT2D eigenvalue weighted by Gasteiger charge is 1.96. The standard InChI is InChI=1S/C11H18N2/c1-9(12)3-2-4-10-5-7-11(13)8-6-10/h5-9H,2-4,12-13H2,1H3. The van der Waals surface area contributed by atoms with Gasteiger partial charge in [0.2, 0.25) is 0 Å². The lowest BCUT2D eigenvalue weighted by atomic mass is 10.1. The van der Waals surface area contributed by atoms with E-state index in [1.54, 1.807) is 0 Å². The number of rotatable bonds is 4. The zero-order valence-corrected chi connectivity index (χ0v) is 8.16. The molecule has 0 aliphatic carbocycles. The van der Waals surface area contributed by atoms with Gasteiger partial charge in [0, 0.05) is 11.7 Å². The Morgan fingerprint density at radius 3 is 2.38 bits per heavy atom. The first kappa shape index (κ1) is 10.1. The van der Waals surface area contributed by atoms with Gasteiger partial charge >= 0.3 is 0 Å². The Morgan fingerprint density at radius 1 is 1.23 bits per heavy atom. The van der Waals surface area contributed by atoms with Crippen LogP contribution in [0.25, 0.3) is 0 Å². The van der Waals surface area contributed by atoms with Crippen molar-refractivity contribution >= 4 is 5.69 Å². The first-order valence-corrected chi connectivity index (χ1v) is 4.78. The summed E-state index contributed by atoms with van der Waals surface area (Å²) in [6.45, 7) is 2.04. The molecule has 1 unspecified atom stereocenters. The average Bonchev–Trinajstić information content (AvgIpc) is 2.08. The van der Waals surface area contributed by atoms with Gasteiger partial charge in [0.05, 0.1) is 0 Å². The zero-order valence-electron chi connectivity index (χ0n) is 8.16. The topological polar surface area (TPSA) is 52.0 Å². The Kier molecular flexibility index (Phi) is 3.77. The van der Waals surface area contributed by atoms with Gasteiger partial charge in [-0.05, 0) is 43.9 Å². The molecule has 0 amide bonds. The Labute approximate surface area is 79.9 Å². The molecule has 1 aromatic carbocycles. The van der Waals surface area contributed by atoms with E-state index >= 15 is 0 Å². The van der Waals surface area contributed by atoms with Crippen LogP contribution in [0.3, 0.4) is 0 Å².